The van der Waals surface area contributed by atoms with Gasteiger partial charge in [0.05, 0.1) is 12.9 Å². The molecular weight excluding hydrogens is 396 g/mol. The number of methoxy groups -OCH3 is 1. The summed E-state index contributed by atoms with van der Waals surface area (Å²) in [6, 6.07) is 15.5. The number of hydrogen-bond donors (Lipinski definition) is 2. The number of anilines is 1. The molecule has 9 heteroatoms. The smallest absolute Gasteiger partial charge is 0.230 e. The number of rotatable bonds is 9. The normalized spacial score (nSPS) is 10.5. The highest BCUT2D eigenvalue weighted by Gasteiger charge is 2.09. The monoisotopic (exact) mass is 416 g/mol. The molecule has 0 aliphatic carbocycles. The number of carbonyl (C=O) groups is 1. The Morgan fingerprint density at radius 3 is 2.68 bits per heavy atom. The van der Waals surface area contributed by atoms with E-state index in [0.29, 0.717) is 34.1 Å². The van der Waals surface area contributed by atoms with Gasteiger partial charge in [-0.15, -0.1) is 10.2 Å². The number of aromatic nitrogens is 2. The highest BCUT2D eigenvalue weighted by Crippen LogP contribution is 2.29. The summed E-state index contributed by atoms with van der Waals surface area (Å²) < 4.78 is 11.9. The Hall–Kier alpha value is -2.78. The Morgan fingerprint density at radius 1 is 1.14 bits per heavy atom. The van der Waals surface area contributed by atoms with Crippen LogP contribution in [0.5, 0.6) is 11.5 Å². The van der Waals surface area contributed by atoms with Crippen LogP contribution in [0.25, 0.3) is 0 Å². The van der Waals surface area contributed by atoms with Crippen LogP contribution in [0, 0.1) is 0 Å². The molecule has 0 atom stereocenters. The topological polar surface area (TPSA) is 99.4 Å². The van der Waals surface area contributed by atoms with Crippen LogP contribution < -0.4 is 20.5 Å². The second-order valence-corrected chi connectivity index (χ2v) is 7.96. The summed E-state index contributed by atoms with van der Waals surface area (Å²) in [5.41, 5.74) is 7.52. The third-order valence-electron chi connectivity index (χ3n) is 3.70. The number of thioether (sulfide) groups is 1. The van der Waals surface area contributed by atoms with E-state index in [4.69, 9.17) is 15.2 Å². The lowest BCUT2D eigenvalue weighted by molar-refractivity contribution is -0.118. The molecule has 7 nitrogen and oxygen atoms in total. The van der Waals surface area contributed by atoms with Crippen molar-refractivity contribution >= 4 is 34.1 Å². The third-order valence-corrected chi connectivity index (χ3v) is 5.59. The number of ether oxygens (including phenoxy) is 2. The fraction of sp³-hybridized carbons (Fsp3) is 0.211. The van der Waals surface area contributed by atoms with Crippen molar-refractivity contribution in [2.75, 3.05) is 18.6 Å². The molecular formula is C19H20N4O3S2. The van der Waals surface area contributed by atoms with Crippen LogP contribution in [0.3, 0.4) is 0 Å². The minimum atomic E-state index is -0.0952. The first-order valence-electron chi connectivity index (χ1n) is 8.46. The van der Waals surface area contributed by atoms with Crippen molar-refractivity contribution in [2.45, 2.75) is 17.5 Å². The van der Waals surface area contributed by atoms with Gasteiger partial charge in [0, 0.05) is 6.54 Å². The number of nitrogens with one attached hydrogen (secondary N) is 1. The molecule has 28 heavy (non-hydrogen) atoms. The maximum Gasteiger partial charge on any atom is 0.230 e. The Labute approximate surface area is 171 Å². The predicted octanol–water partition coefficient (Wildman–Crippen LogP) is 3.12. The van der Waals surface area contributed by atoms with Gasteiger partial charge in [0.25, 0.3) is 0 Å². The molecule has 1 amide bonds. The summed E-state index contributed by atoms with van der Waals surface area (Å²) in [6.07, 6.45) is 0. The van der Waals surface area contributed by atoms with Gasteiger partial charge in [-0.3, -0.25) is 4.79 Å². The summed E-state index contributed by atoms with van der Waals surface area (Å²) in [7, 11) is 1.59. The third kappa shape index (κ3) is 5.86. The first-order valence-corrected chi connectivity index (χ1v) is 10.3. The molecule has 0 aliphatic heterocycles. The highest BCUT2D eigenvalue weighted by atomic mass is 32.2. The van der Waals surface area contributed by atoms with Crippen molar-refractivity contribution < 1.29 is 14.3 Å². The number of nitrogens with two attached hydrogens (primary N) is 1. The summed E-state index contributed by atoms with van der Waals surface area (Å²) in [5, 5.41) is 10.9. The zero-order chi connectivity index (χ0) is 19.8. The van der Waals surface area contributed by atoms with E-state index in [2.05, 4.69) is 15.5 Å². The summed E-state index contributed by atoms with van der Waals surface area (Å²) in [6.45, 7) is 0.855. The van der Waals surface area contributed by atoms with Crippen LogP contribution in [0.2, 0.25) is 0 Å². The van der Waals surface area contributed by atoms with E-state index in [0.717, 1.165) is 11.1 Å². The van der Waals surface area contributed by atoms with Crippen LogP contribution >= 0.6 is 23.1 Å². The van der Waals surface area contributed by atoms with E-state index in [9.17, 15) is 4.79 Å². The van der Waals surface area contributed by atoms with Gasteiger partial charge >= 0.3 is 0 Å². The second kappa shape index (κ2) is 9.95. The lowest BCUT2D eigenvalue weighted by atomic mass is 10.2. The van der Waals surface area contributed by atoms with Gasteiger partial charge in [-0.25, -0.2) is 0 Å². The number of carbonyl (C=O) groups excluding carboxylic acids is 1. The van der Waals surface area contributed by atoms with Crippen molar-refractivity contribution in [3.63, 3.8) is 0 Å². The highest BCUT2D eigenvalue weighted by molar-refractivity contribution is 8.01. The van der Waals surface area contributed by atoms with E-state index >= 15 is 0 Å². The van der Waals surface area contributed by atoms with Gasteiger partial charge in [0.15, 0.2) is 15.8 Å². The van der Waals surface area contributed by atoms with Crippen LogP contribution in [0.1, 0.15) is 11.1 Å². The van der Waals surface area contributed by atoms with Crippen molar-refractivity contribution in [3.8, 4) is 11.5 Å². The molecule has 1 aromatic heterocycles. The molecule has 0 aliphatic rings. The first kappa shape index (κ1) is 20.0. The van der Waals surface area contributed by atoms with E-state index in [1.54, 1.807) is 7.11 Å². The van der Waals surface area contributed by atoms with E-state index in [1.165, 1.54) is 23.1 Å². The van der Waals surface area contributed by atoms with Gasteiger partial charge in [-0.1, -0.05) is 59.5 Å². The average molecular weight is 417 g/mol. The van der Waals surface area contributed by atoms with Gasteiger partial charge in [0.1, 0.15) is 6.61 Å². The van der Waals surface area contributed by atoms with Gasteiger partial charge in [-0.2, -0.15) is 0 Å². The zero-order valence-electron chi connectivity index (χ0n) is 15.3. The summed E-state index contributed by atoms with van der Waals surface area (Å²) in [5.74, 6) is 1.44. The molecule has 0 unspecified atom stereocenters. The van der Waals surface area contributed by atoms with Crippen LogP contribution in [-0.2, 0) is 17.9 Å². The number of amides is 1. The molecule has 0 bridgehead atoms. The quantitative estimate of drug-likeness (QED) is 0.517. The van der Waals surface area contributed by atoms with E-state index < -0.39 is 0 Å². The Balaban J connectivity index is 1.50. The van der Waals surface area contributed by atoms with Crippen LogP contribution in [-0.4, -0.2) is 29.0 Å². The number of nitrogens with zero attached hydrogens (tertiary/aromatic N) is 2. The van der Waals surface area contributed by atoms with Crippen molar-refractivity contribution in [1.29, 1.82) is 0 Å². The maximum atomic E-state index is 12.0. The average Bonchev–Trinajstić information content (AvgIpc) is 3.15. The number of nitrogen functional groups attached to an aromatic ring is 1. The summed E-state index contributed by atoms with van der Waals surface area (Å²) in [4.78, 5) is 12.0. The maximum absolute atomic E-state index is 12.0. The molecule has 3 aromatic rings. The SMILES string of the molecule is COc1cc(CNC(=O)CSc2nnc(N)s2)ccc1OCc1ccccc1. The largest absolute Gasteiger partial charge is 0.493 e. The molecule has 0 spiro atoms. The molecule has 0 fully saturated rings. The van der Waals surface area contributed by atoms with Gasteiger partial charge in [0.2, 0.25) is 11.0 Å². The molecule has 3 N–H and O–H groups in total. The van der Waals surface area contributed by atoms with Gasteiger partial charge in [-0.05, 0) is 23.3 Å². The second-order valence-electron chi connectivity index (χ2n) is 5.73. The van der Waals surface area contributed by atoms with Crippen molar-refractivity contribution in [3.05, 3.63) is 59.7 Å². The van der Waals surface area contributed by atoms with E-state index in [-0.39, 0.29) is 11.7 Å². The molecule has 3 rings (SSSR count). The molecule has 0 saturated heterocycles. The lowest BCUT2D eigenvalue weighted by Gasteiger charge is -2.13. The van der Waals surface area contributed by atoms with Crippen LogP contribution in [0.15, 0.2) is 52.9 Å². The summed E-state index contributed by atoms with van der Waals surface area (Å²) >= 11 is 2.57. The van der Waals surface area contributed by atoms with Crippen LogP contribution in [0.4, 0.5) is 5.13 Å². The molecule has 146 valence electrons. The fourth-order valence-corrected chi connectivity index (χ4v) is 3.80. The van der Waals surface area contributed by atoms with E-state index in [1.807, 2.05) is 48.5 Å². The minimum absolute atomic E-state index is 0.0952. The standard InChI is InChI=1S/C19H20N4O3S2/c1-25-16-9-14(7-8-15(16)26-11-13-5-3-2-4-6-13)10-21-17(24)12-27-19-23-22-18(20)28-19/h2-9H,10-12H2,1H3,(H2,20,22)(H,21,24). The number of hydrogen-bond acceptors (Lipinski definition) is 8. The van der Waals surface area contributed by atoms with Crippen molar-refractivity contribution in [2.24, 2.45) is 0 Å². The molecule has 1 heterocycles. The number of benzene rings is 2. The molecule has 2 aromatic carbocycles. The Kier molecular flexibility index (Phi) is 7.10. The molecule has 0 radical (unpaired) electrons. The molecule has 0 saturated carbocycles. The van der Waals surface area contributed by atoms with Crippen molar-refractivity contribution in [1.82, 2.24) is 15.5 Å². The Morgan fingerprint density at radius 2 is 1.96 bits per heavy atom. The predicted molar refractivity (Wildman–Crippen MR) is 111 cm³/mol. The van der Waals surface area contributed by atoms with Gasteiger partial charge < -0.3 is 20.5 Å². The zero-order valence-corrected chi connectivity index (χ0v) is 16.9. The Bertz CT molecular complexity index is 919. The fourth-order valence-electron chi connectivity index (χ4n) is 2.33. The minimum Gasteiger partial charge on any atom is -0.493 e. The first-order chi connectivity index (χ1) is 13.6. The lowest BCUT2D eigenvalue weighted by Crippen LogP contribution is -2.24.